The minimum atomic E-state index is 0.685. The average Bonchev–Trinajstić information content (AvgIpc) is 2.04. The third-order valence-corrected chi connectivity index (χ3v) is 1.24. The standard InChI is InChI=1S/C9H7O/c1-3-8-6-4-5-7-9(8)10-2/h4-7H,2H3. The zero-order valence-electron chi connectivity index (χ0n) is 5.72. The molecule has 0 saturated heterocycles. The smallest absolute Gasteiger partial charge is 0.134 e. The molecule has 0 saturated carbocycles. The van der Waals surface area contributed by atoms with Gasteiger partial charge in [0.1, 0.15) is 5.75 Å². The summed E-state index contributed by atoms with van der Waals surface area (Å²) in [6.07, 6.45) is 6.86. The maximum absolute atomic E-state index is 6.86. The molecule has 1 heteroatoms. The Kier molecular flexibility index (Phi) is 1.96. The average molecular weight is 131 g/mol. The quantitative estimate of drug-likeness (QED) is 0.526. The molecule has 1 nitrogen and oxygen atoms in total. The van der Waals surface area contributed by atoms with Crippen molar-refractivity contribution in [3.8, 4) is 11.7 Å². The van der Waals surface area contributed by atoms with Crippen LogP contribution >= 0.6 is 0 Å². The SMILES string of the molecule is [C]#Cc1ccccc1OC. The molecular formula is C9H7O. The Balaban J connectivity index is 3.12. The third kappa shape index (κ3) is 1.11. The van der Waals surface area contributed by atoms with Crippen LogP contribution < -0.4 is 4.74 Å². The van der Waals surface area contributed by atoms with E-state index in [1.807, 2.05) is 12.1 Å². The van der Waals surface area contributed by atoms with Gasteiger partial charge in [-0.05, 0) is 24.5 Å². The van der Waals surface area contributed by atoms with E-state index < -0.39 is 0 Å². The highest BCUT2D eigenvalue weighted by atomic mass is 16.5. The molecule has 1 radical (unpaired) electrons. The molecule has 0 heterocycles. The van der Waals surface area contributed by atoms with E-state index in [2.05, 4.69) is 5.92 Å². The lowest BCUT2D eigenvalue weighted by molar-refractivity contribution is 0.413. The first-order chi connectivity index (χ1) is 4.88. The summed E-state index contributed by atoms with van der Waals surface area (Å²) in [6.45, 7) is 0. The van der Waals surface area contributed by atoms with Gasteiger partial charge in [-0.15, -0.1) is 0 Å². The number of hydrogen-bond donors (Lipinski definition) is 0. The highest BCUT2D eigenvalue weighted by Gasteiger charge is 1.94. The van der Waals surface area contributed by atoms with Gasteiger partial charge in [0, 0.05) is 0 Å². The van der Waals surface area contributed by atoms with Gasteiger partial charge in [0.25, 0.3) is 0 Å². The molecule has 0 bridgehead atoms. The molecule has 1 aromatic carbocycles. The molecule has 1 rings (SSSR count). The van der Waals surface area contributed by atoms with Crippen LogP contribution in [0.4, 0.5) is 0 Å². The molecule has 0 aromatic heterocycles. The number of rotatable bonds is 1. The number of benzene rings is 1. The van der Waals surface area contributed by atoms with Crippen molar-refractivity contribution in [2.45, 2.75) is 0 Å². The van der Waals surface area contributed by atoms with E-state index in [1.165, 1.54) is 0 Å². The molecule has 49 valence electrons. The number of ether oxygens (including phenoxy) is 1. The van der Waals surface area contributed by atoms with Gasteiger partial charge in [0.15, 0.2) is 0 Å². The van der Waals surface area contributed by atoms with Crippen molar-refractivity contribution in [2.75, 3.05) is 7.11 Å². The molecule has 0 unspecified atom stereocenters. The van der Waals surface area contributed by atoms with Crippen molar-refractivity contribution >= 4 is 0 Å². The minimum Gasteiger partial charge on any atom is -0.495 e. The van der Waals surface area contributed by atoms with Gasteiger partial charge < -0.3 is 4.74 Å². The fourth-order valence-corrected chi connectivity index (χ4v) is 0.748. The highest BCUT2D eigenvalue weighted by Crippen LogP contribution is 2.14. The molecule has 0 aliphatic rings. The fraction of sp³-hybridized carbons (Fsp3) is 0.111. The van der Waals surface area contributed by atoms with E-state index in [9.17, 15) is 0 Å². The summed E-state index contributed by atoms with van der Waals surface area (Å²) in [5.74, 6) is 2.96. The predicted octanol–water partition coefficient (Wildman–Crippen LogP) is 1.63. The topological polar surface area (TPSA) is 9.23 Å². The van der Waals surface area contributed by atoms with E-state index in [4.69, 9.17) is 11.2 Å². The zero-order chi connectivity index (χ0) is 7.40. The van der Waals surface area contributed by atoms with Crippen LogP contribution in [0.5, 0.6) is 5.75 Å². The van der Waals surface area contributed by atoms with Gasteiger partial charge >= 0.3 is 0 Å². The van der Waals surface area contributed by atoms with Gasteiger partial charge in [-0.3, -0.25) is 0 Å². The summed E-state index contributed by atoms with van der Waals surface area (Å²) < 4.78 is 4.95. The van der Waals surface area contributed by atoms with Gasteiger partial charge in [-0.2, -0.15) is 0 Å². The molecule has 0 fully saturated rings. The zero-order valence-corrected chi connectivity index (χ0v) is 5.72. The summed E-state index contributed by atoms with van der Waals surface area (Å²) in [7, 11) is 1.58. The van der Waals surface area contributed by atoms with Crippen molar-refractivity contribution in [2.24, 2.45) is 0 Å². The number of hydrogen-bond acceptors (Lipinski definition) is 1. The molecule has 10 heavy (non-hydrogen) atoms. The van der Waals surface area contributed by atoms with Crippen molar-refractivity contribution < 1.29 is 4.74 Å². The lowest BCUT2D eigenvalue weighted by atomic mass is 10.2. The second-order valence-electron chi connectivity index (χ2n) is 1.83. The highest BCUT2D eigenvalue weighted by molar-refractivity contribution is 5.43. The van der Waals surface area contributed by atoms with Crippen LogP contribution in [-0.2, 0) is 0 Å². The fourth-order valence-electron chi connectivity index (χ4n) is 0.748. The predicted molar refractivity (Wildman–Crippen MR) is 39.2 cm³/mol. The van der Waals surface area contributed by atoms with E-state index >= 15 is 0 Å². The second kappa shape index (κ2) is 2.93. The van der Waals surface area contributed by atoms with Crippen molar-refractivity contribution in [3.05, 3.63) is 36.3 Å². The Morgan fingerprint density at radius 1 is 1.40 bits per heavy atom. The van der Waals surface area contributed by atoms with Crippen LogP contribution in [0.25, 0.3) is 0 Å². The minimum absolute atomic E-state index is 0.685. The molecule has 0 spiro atoms. The Hall–Kier alpha value is -1.42. The summed E-state index contributed by atoms with van der Waals surface area (Å²) in [5, 5.41) is 0. The Morgan fingerprint density at radius 2 is 2.10 bits per heavy atom. The summed E-state index contributed by atoms with van der Waals surface area (Å²) >= 11 is 0. The first-order valence-corrected chi connectivity index (χ1v) is 2.94. The second-order valence-corrected chi connectivity index (χ2v) is 1.83. The Bertz CT molecular complexity index is 258. The van der Waals surface area contributed by atoms with E-state index in [0.717, 1.165) is 0 Å². The lowest BCUT2D eigenvalue weighted by Crippen LogP contribution is -1.85. The third-order valence-electron chi connectivity index (χ3n) is 1.24. The molecule has 0 atom stereocenters. The van der Waals surface area contributed by atoms with Crippen LogP contribution in [0.3, 0.4) is 0 Å². The largest absolute Gasteiger partial charge is 0.495 e. The molecule has 0 N–H and O–H groups in total. The van der Waals surface area contributed by atoms with Crippen molar-refractivity contribution in [3.63, 3.8) is 0 Å². The van der Waals surface area contributed by atoms with Crippen molar-refractivity contribution in [1.29, 1.82) is 0 Å². The van der Waals surface area contributed by atoms with Gasteiger partial charge in [-0.25, -0.2) is 0 Å². The normalized spacial score (nSPS) is 8.40. The molecule has 0 amide bonds. The first kappa shape index (κ1) is 6.70. The van der Waals surface area contributed by atoms with Crippen molar-refractivity contribution in [1.82, 2.24) is 0 Å². The van der Waals surface area contributed by atoms with E-state index in [1.54, 1.807) is 19.2 Å². The summed E-state index contributed by atoms with van der Waals surface area (Å²) in [4.78, 5) is 0. The van der Waals surface area contributed by atoms with Crippen LogP contribution in [-0.4, -0.2) is 7.11 Å². The maximum Gasteiger partial charge on any atom is 0.134 e. The monoisotopic (exact) mass is 131 g/mol. The summed E-state index contributed by atoms with van der Waals surface area (Å²) in [6, 6.07) is 7.29. The molecular weight excluding hydrogens is 124 g/mol. The maximum atomic E-state index is 6.86. The number of para-hydroxylation sites is 1. The summed E-state index contributed by atoms with van der Waals surface area (Å²) in [5.41, 5.74) is 0.685. The van der Waals surface area contributed by atoms with Gasteiger partial charge in [-0.1, -0.05) is 12.1 Å². The lowest BCUT2D eigenvalue weighted by Gasteiger charge is -1.99. The molecule has 0 aliphatic carbocycles. The van der Waals surface area contributed by atoms with Gasteiger partial charge in [0.05, 0.1) is 12.7 Å². The van der Waals surface area contributed by atoms with Crippen LogP contribution in [0, 0.1) is 12.3 Å². The molecule has 0 aliphatic heterocycles. The van der Waals surface area contributed by atoms with Crippen LogP contribution in [0.15, 0.2) is 24.3 Å². The van der Waals surface area contributed by atoms with Crippen LogP contribution in [0.2, 0.25) is 0 Å². The Morgan fingerprint density at radius 3 is 2.60 bits per heavy atom. The van der Waals surface area contributed by atoms with E-state index in [-0.39, 0.29) is 0 Å². The Labute approximate surface area is 60.6 Å². The number of methoxy groups -OCH3 is 1. The first-order valence-electron chi connectivity index (χ1n) is 2.94. The van der Waals surface area contributed by atoms with Gasteiger partial charge in [0.2, 0.25) is 0 Å². The molecule has 1 aromatic rings. The van der Waals surface area contributed by atoms with E-state index in [0.29, 0.717) is 11.3 Å². The van der Waals surface area contributed by atoms with Crippen LogP contribution in [0.1, 0.15) is 5.56 Å².